The quantitative estimate of drug-likeness (QED) is 0.230. The summed E-state index contributed by atoms with van der Waals surface area (Å²) in [4.78, 5) is 17.2. The predicted octanol–water partition coefficient (Wildman–Crippen LogP) is 7.17. The Morgan fingerprint density at radius 2 is 1.76 bits per heavy atom. The highest BCUT2D eigenvalue weighted by molar-refractivity contribution is 5.76. The molecule has 0 fully saturated rings. The van der Waals surface area contributed by atoms with Crippen LogP contribution in [-0.2, 0) is 22.4 Å². The molecule has 5 heteroatoms. The number of esters is 1. The minimum absolute atomic E-state index is 0.125. The van der Waals surface area contributed by atoms with Crippen LogP contribution >= 0.6 is 0 Å². The number of nitrogens with zero attached hydrogens (tertiary/aromatic N) is 1. The van der Waals surface area contributed by atoms with E-state index >= 15 is 0 Å². The van der Waals surface area contributed by atoms with Gasteiger partial charge in [-0.05, 0) is 73.1 Å². The Hall–Kier alpha value is -3.86. The Morgan fingerprint density at radius 1 is 1.05 bits per heavy atom. The van der Waals surface area contributed by atoms with Gasteiger partial charge in [-0.25, -0.2) is 4.98 Å². The SMILES string of the molecule is CCC(C(=O)OC)C1CCc2cc(OCCc3nc(-c4ccccc4)oc3C)c(-c3ccccc3)cc21. The average Bonchev–Trinajstić information content (AvgIpc) is 3.52. The van der Waals surface area contributed by atoms with Gasteiger partial charge in [0.25, 0.3) is 0 Å². The molecule has 5 rings (SSSR count). The molecule has 0 radical (unpaired) electrons. The summed E-state index contributed by atoms with van der Waals surface area (Å²) in [6.07, 6.45) is 3.29. The van der Waals surface area contributed by atoms with Gasteiger partial charge in [0.05, 0.1) is 25.3 Å². The third-order valence-corrected chi connectivity index (χ3v) is 7.39. The summed E-state index contributed by atoms with van der Waals surface area (Å²) in [5, 5.41) is 0. The van der Waals surface area contributed by atoms with E-state index in [0.29, 0.717) is 18.9 Å². The molecular formula is C32H33NO4. The van der Waals surface area contributed by atoms with E-state index in [2.05, 4.69) is 31.2 Å². The number of aryl methyl sites for hydroxylation is 2. The van der Waals surface area contributed by atoms with Gasteiger partial charge in [-0.1, -0.05) is 55.5 Å². The second-order valence-electron chi connectivity index (χ2n) is 9.58. The molecule has 4 aromatic rings. The molecule has 1 aliphatic rings. The second-order valence-corrected chi connectivity index (χ2v) is 9.58. The summed E-state index contributed by atoms with van der Waals surface area (Å²) < 4.78 is 17.5. The van der Waals surface area contributed by atoms with Crippen molar-refractivity contribution in [3.05, 3.63) is 95.4 Å². The molecule has 2 unspecified atom stereocenters. The Kier molecular flexibility index (Phi) is 7.40. The summed E-state index contributed by atoms with van der Waals surface area (Å²) in [6, 6.07) is 24.6. The molecule has 0 aliphatic heterocycles. The summed E-state index contributed by atoms with van der Waals surface area (Å²) in [7, 11) is 1.48. The highest BCUT2D eigenvalue weighted by atomic mass is 16.5. The lowest BCUT2D eigenvalue weighted by Gasteiger charge is -2.22. The van der Waals surface area contributed by atoms with Gasteiger partial charge in [-0.15, -0.1) is 0 Å². The lowest BCUT2D eigenvalue weighted by Crippen LogP contribution is -2.21. The van der Waals surface area contributed by atoms with Crippen molar-refractivity contribution in [3.8, 4) is 28.3 Å². The van der Waals surface area contributed by atoms with Crippen molar-refractivity contribution >= 4 is 5.97 Å². The van der Waals surface area contributed by atoms with Crippen molar-refractivity contribution < 1.29 is 18.7 Å². The molecule has 3 aromatic carbocycles. The van der Waals surface area contributed by atoms with E-state index in [4.69, 9.17) is 18.9 Å². The van der Waals surface area contributed by atoms with Crippen LogP contribution in [0.4, 0.5) is 0 Å². The number of ether oxygens (including phenoxy) is 2. The molecular weight excluding hydrogens is 462 g/mol. The highest BCUT2D eigenvalue weighted by Crippen LogP contribution is 2.45. The number of benzene rings is 3. The number of hydrogen-bond acceptors (Lipinski definition) is 5. The molecule has 1 aliphatic carbocycles. The molecule has 0 spiro atoms. The maximum Gasteiger partial charge on any atom is 0.309 e. The highest BCUT2D eigenvalue weighted by Gasteiger charge is 2.35. The summed E-state index contributed by atoms with van der Waals surface area (Å²) in [5.41, 5.74) is 6.52. The predicted molar refractivity (Wildman–Crippen MR) is 145 cm³/mol. The third-order valence-electron chi connectivity index (χ3n) is 7.39. The van der Waals surface area contributed by atoms with Gasteiger partial charge in [0.15, 0.2) is 0 Å². The summed E-state index contributed by atoms with van der Waals surface area (Å²) in [6.45, 7) is 4.50. The molecule has 0 amide bonds. The summed E-state index contributed by atoms with van der Waals surface area (Å²) >= 11 is 0. The fourth-order valence-electron chi connectivity index (χ4n) is 5.44. The molecule has 2 atom stereocenters. The molecule has 0 saturated heterocycles. The first-order valence-corrected chi connectivity index (χ1v) is 13.0. The van der Waals surface area contributed by atoms with Gasteiger partial charge < -0.3 is 13.9 Å². The molecule has 1 aromatic heterocycles. The minimum atomic E-state index is -0.129. The van der Waals surface area contributed by atoms with Crippen molar-refractivity contribution in [1.29, 1.82) is 0 Å². The summed E-state index contributed by atoms with van der Waals surface area (Å²) in [5.74, 6) is 2.23. The average molecular weight is 496 g/mol. The van der Waals surface area contributed by atoms with E-state index < -0.39 is 0 Å². The van der Waals surface area contributed by atoms with Crippen LogP contribution in [0, 0.1) is 12.8 Å². The first kappa shape index (κ1) is 24.8. The maximum atomic E-state index is 12.5. The first-order chi connectivity index (χ1) is 18.1. The number of methoxy groups -OCH3 is 1. The van der Waals surface area contributed by atoms with Gasteiger partial charge in [0.2, 0.25) is 5.89 Å². The van der Waals surface area contributed by atoms with Gasteiger partial charge in [-0.3, -0.25) is 4.79 Å². The van der Waals surface area contributed by atoms with E-state index in [0.717, 1.165) is 53.2 Å². The van der Waals surface area contributed by atoms with Crippen LogP contribution in [0.15, 0.2) is 77.2 Å². The zero-order chi connectivity index (χ0) is 25.8. The zero-order valence-electron chi connectivity index (χ0n) is 21.7. The molecule has 0 N–H and O–H groups in total. The number of oxazole rings is 1. The normalized spacial score (nSPS) is 15.3. The number of carbonyl (C=O) groups is 1. The van der Waals surface area contributed by atoms with Crippen LogP contribution in [-0.4, -0.2) is 24.7 Å². The van der Waals surface area contributed by atoms with Crippen LogP contribution < -0.4 is 4.74 Å². The van der Waals surface area contributed by atoms with Crippen LogP contribution in [0.1, 0.15) is 48.3 Å². The molecule has 1 heterocycles. The van der Waals surface area contributed by atoms with Gasteiger partial charge in [0.1, 0.15) is 11.5 Å². The Bertz CT molecular complexity index is 1360. The standard InChI is InChI=1S/C32H33NO4/c1-4-25(32(34)35-3)26-16-15-24-19-30(28(20-27(24)26)22-11-7-5-8-12-22)36-18-17-29-21(2)37-31(33-29)23-13-9-6-10-14-23/h5-14,19-20,25-26H,4,15-18H2,1-3H3. The molecule has 5 nitrogen and oxygen atoms in total. The minimum Gasteiger partial charge on any atom is -0.493 e. The van der Waals surface area contributed by atoms with E-state index in [-0.39, 0.29) is 17.8 Å². The lowest BCUT2D eigenvalue weighted by atomic mass is 9.84. The number of hydrogen-bond donors (Lipinski definition) is 0. The largest absolute Gasteiger partial charge is 0.493 e. The van der Waals surface area contributed by atoms with E-state index in [1.807, 2.05) is 55.5 Å². The molecule has 190 valence electrons. The lowest BCUT2D eigenvalue weighted by molar-refractivity contribution is -0.146. The number of rotatable bonds is 9. The van der Waals surface area contributed by atoms with E-state index in [9.17, 15) is 4.79 Å². The fraction of sp³-hybridized carbons (Fsp3) is 0.312. The van der Waals surface area contributed by atoms with Crippen molar-refractivity contribution in [1.82, 2.24) is 4.98 Å². The number of fused-ring (bicyclic) bond motifs is 1. The third kappa shape index (κ3) is 5.17. The van der Waals surface area contributed by atoms with Crippen LogP contribution in [0.5, 0.6) is 5.75 Å². The molecule has 0 bridgehead atoms. The Balaban J connectivity index is 1.40. The maximum absolute atomic E-state index is 12.5. The number of carbonyl (C=O) groups excluding carboxylic acids is 1. The Labute approximate surface area is 218 Å². The van der Waals surface area contributed by atoms with Crippen molar-refractivity contribution in [3.63, 3.8) is 0 Å². The van der Waals surface area contributed by atoms with Crippen LogP contribution in [0.3, 0.4) is 0 Å². The zero-order valence-corrected chi connectivity index (χ0v) is 21.7. The molecule has 37 heavy (non-hydrogen) atoms. The van der Waals surface area contributed by atoms with Crippen molar-refractivity contribution in [2.75, 3.05) is 13.7 Å². The second kappa shape index (κ2) is 11.0. The van der Waals surface area contributed by atoms with Crippen molar-refractivity contribution in [2.45, 2.75) is 45.4 Å². The first-order valence-electron chi connectivity index (χ1n) is 13.0. The van der Waals surface area contributed by atoms with E-state index in [1.54, 1.807) is 0 Å². The van der Waals surface area contributed by atoms with Gasteiger partial charge in [-0.2, -0.15) is 0 Å². The molecule has 0 saturated carbocycles. The Morgan fingerprint density at radius 3 is 2.43 bits per heavy atom. The number of aromatic nitrogens is 1. The van der Waals surface area contributed by atoms with Gasteiger partial charge in [0, 0.05) is 17.5 Å². The monoisotopic (exact) mass is 495 g/mol. The topological polar surface area (TPSA) is 61.6 Å². The smallest absolute Gasteiger partial charge is 0.309 e. The fourth-order valence-corrected chi connectivity index (χ4v) is 5.44. The van der Waals surface area contributed by atoms with Crippen LogP contribution in [0.2, 0.25) is 0 Å². The van der Waals surface area contributed by atoms with E-state index in [1.165, 1.54) is 18.2 Å². The van der Waals surface area contributed by atoms with Gasteiger partial charge >= 0.3 is 5.97 Å². The van der Waals surface area contributed by atoms with Crippen LogP contribution in [0.25, 0.3) is 22.6 Å². The van der Waals surface area contributed by atoms with Crippen molar-refractivity contribution in [2.24, 2.45) is 5.92 Å².